The van der Waals surface area contributed by atoms with E-state index in [0.717, 1.165) is 5.56 Å². The molecule has 4 N–H and O–H groups in total. The number of nitrogens with zero attached hydrogens (tertiary/aromatic N) is 2. The van der Waals surface area contributed by atoms with Gasteiger partial charge in [0.05, 0.1) is 12.1 Å². The highest BCUT2D eigenvalue weighted by atomic mass is 32.1. The van der Waals surface area contributed by atoms with E-state index in [4.69, 9.17) is 5.73 Å². The molecule has 9 heteroatoms. The number of aromatic nitrogens is 1. The van der Waals surface area contributed by atoms with E-state index >= 15 is 0 Å². The molecule has 0 aliphatic carbocycles. The summed E-state index contributed by atoms with van der Waals surface area (Å²) < 4.78 is 0. The van der Waals surface area contributed by atoms with Gasteiger partial charge >= 0.3 is 6.03 Å². The molecule has 3 rings (SSSR count). The van der Waals surface area contributed by atoms with Gasteiger partial charge in [0.1, 0.15) is 0 Å². The summed E-state index contributed by atoms with van der Waals surface area (Å²) in [7, 11) is 0. The molecule has 1 aliphatic rings. The number of amides is 4. The number of nitrogens with two attached hydrogens (primary N) is 1. The number of primary amides is 1. The zero-order valence-electron chi connectivity index (χ0n) is 15.6. The third-order valence-corrected chi connectivity index (χ3v) is 5.44. The van der Waals surface area contributed by atoms with E-state index in [1.54, 1.807) is 16.3 Å². The molecule has 8 nitrogen and oxygen atoms in total. The van der Waals surface area contributed by atoms with Crippen LogP contribution in [0.3, 0.4) is 0 Å². The Bertz CT molecular complexity index is 874. The largest absolute Gasteiger partial charge is 0.369 e. The molecule has 0 unspecified atom stereocenters. The summed E-state index contributed by atoms with van der Waals surface area (Å²) in [5.74, 6) is -0.485. The van der Waals surface area contributed by atoms with Crippen LogP contribution in [0.5, 0.6) is 0 Å². The van der Waals surface area contributed by atoms with Gasteiger partial charge in [-0.15, -0.1) is 11.3 Å². The molecule has 1 aromatic heterocycles. The average Bonchev–Trinajstić information content (AvgIpc) is 3.08. The van der Waals surface area contributed by atoms with Crippen LogP contribution in [0, 0.1) is 12.8 Å². The molecule has 4 amide bonds. The lowest BCUT2D eigenvalue weighted by Crippen LogP contribution is -2.42. The molecule has 2 heterocycles. The zero-order chi connectivity index (χ0) is 20.1. The minimum absolute atomic E-state index is 0.0380. The van der Waals surface area contributed by atoms with Crippen LogP contribution in [-0.2, 0) is 16.0 Å². The molecular formula is C19H23N5O3S. The summed E-state index contributed by atoms with van der Waals surface area (Å²) in [4.78, 5) is 41.8. The number of carbonyl (C=O) groups excluding carboxylic acids is 3. The van der Waals surface area contributed by atoms with Crippen LogP contribution >= 0.6 is 11.3 Å². The monoisotopic (exact) mass is 401 g/mol. The van der Waals surface area contributed by atoms with Crippen LogP contribution < -0.4 is 16.4 Å². The van der Waals surface area contributed by atoms with E-state index in [1.165, 1.54) is 11.3 Å². The first kappa shape index (κ1) is 19.8. The van der Waals surface area contributed by atoms with Crippen molar-refractivity contribution in [2.24, 2.45) is 11.7 Å². The molecule has 1 fully saturated rings. The Morgan fingerprint density at radius 1 is 1.25 bits per heavy atom. The van der Waals surface area contributed by atoms with Gasteiger partial charge in [0.25, 0.3) is 0 Å². The van der Waals surface area contributed by atoms with Crippen molar-refractivity contribution in [1.82, 2.24) is 9.88 Å². The number of anilines is 2. The van der Waals surface area contributed by atoms with Crippen LogP contribution in [0.1, 0.15) is 24.1 Å². The van der Waals surface area contributed by atoms with Crippen LogP contribution in [0.25, 0.3) is 0 Å². The summed E-state index contributed by atoms with van der Waals surface area (Å²) >= 11 is 1.27. The van der Waals surface area contributed by atoms with E-state index < -0.39 is 0 Å². The summed E-state index contributed by atoms with van der Waals surface area (Å²) in [5, 5.41) is 7.62. The third-order valence-electron chi connectivity index (χ3n) is 4.63. The second kappa shape index (κ2) is 8.83. The third kappa shape index (κ3) is 5.29. The molecule has 0 atom stereocenters. The Morgan fingerprint density at radius 3 is 2.68 bits per heavy atom. The van der Waals surface area contributed by atoms with Gasteiger partial charge < -0.3 is 16.0 Å². The molecule has 28 heavy (non-hydrogen) atoms. The van der Waals surface area contributed by atoms with Gasteiger partial charge in [0.2, 0.25) is 11.8 Å². The van der Waals surface area contributed by atoms with Gasteiger partial charge in [-0.2, -0.15) is 0 Å². The predicted molar refractivity (Wildman–Crippen MR) is 108 cm³/mol. The number of aryl methyl sites for hydroxylation is 1. The minimum Gasteiger partial charge on any atom is -0.369 e. The molecule has 0 bridgehead atoms. The van der Waals surface area contributed by atoms with Crippen molar-refractivity contribution in [3.8, 4) is 0 Å². The van der Waals surface area contributed by atoms with E-state index in [1.807, 2.05) is 25.1 Å². The van der Waals surface area contributed by atoms with Crippen molar-refractivity contribution in [2.75, 3.05) is 23.7 Å². The quantitative estimate of drug-likeness (QED) is 0.713. The standard InChI is InChI=1S/C19H23N5O3S/c1-12-3-2-4-14(9-12)21-18(27)23-19-22-15(11-28-19)10-16(25)24-7-5-13(6-8-24)17(20)26/h2-4,9,11,13H,5-8,10H2,1H3,(H2,20,26)(H2,21,22,23,27). The molecular weight excluding hydrogens is 378 g/mol. The van der Waals surface area contributed by atoms with Crippen LogP contribution in [0.15, 0.2) is 29.6 Å². The number of urea groups is 1. The number of thiazole rings is 1. The Balaban J connectivity index is 1.49. The number of piperidine rings is 1. The highest BCUT2D eigenvalue weighted by Crippen LogP contribution is 2.20. The molecule has 2 aromatic rings. The van der Waals surface area contributed by atoms with Gasteiger partial charge in [-0.3, -0.25) is 14.9 Å². The predicted octanol–water partition coefficient (Wildman–Crippen LogP) is 2.36. The zero-order valence-corrected chi connectivity index (χ0v) is 16.4. The van der Waals surface area contributed by atoms with Crippen molar-refractivity contribution in [2.45, 2.75) is 26.2 Å². The Kier molecular flexibility index (Phi) is 6.25. The molecule has 1 aliphatic heterocycles. The first-order valence-electron chi connectivity index (χ1n) is 9.07. The summed E-state index contributed by atoms with van der Waals surface area (Å²) in [6, 6.07) is 7.10. The van der Waals surface area contributed by atoms with E-state index in [9.17, 15) is 14.4 Å². The second-order valence-electron chi connectivity index (χ2n) is 6.83. The first-order valence-corrected chi connectivity index (χ1v) is 9.95. The molecule has 148 valence electrons. The maximum atomic E-state index is 12.4. The van der Waals surface area contributed by atoms with Gasteiger partial charge in [-0.05, 0) is 37.5 Å². The van der Waals surface area contributed by atoms with Crippen molar-refractivity contribution < 1.29 is 14.4 Å². The highest BCUT2D eigenvalue weighted by molar-refractivity contribution is 7.14. The van der Waals surface area contributed by atoms with Gasteiger partial charge in [0, 0.05) is 30.1 Å². The number of hydrogen-bond acceptors (Lipinski definition) is 5. The number of nitrogens with one attached hydrogen (secondary N) is 2. The fourth-order valence-electron chi connectivity index (χ4n) is 3.11. The molecule has 1 aromatic carbocycles. The molecule has 1 saturated heterocycles. The Hall–Kier alpha value is -2.94. The normalized spacial score (nSPS) is 14.5. The van der Waals surface area contributed by atoms with Crippen molar-refractivity contribution in [3.63, 3.8) is 0 Å². The summed E-state index contributed by atoms with van der Waals surface area (Å²) in [6.45, 7) is 3.00. The van der Waals surface area contributed by atoms with Crippen molar-refractivity contribution in [3.05, 3.63) is 40.9 Å². The lowest BCUT2D eigenvalue weighted by atomic mass is 9.96. The summed E-state index contributed by atoms with van der Waals surface area (Å²) in [5.41, 5.74) is 7.68. The van der Waals surface area contributed by atoms with Crippen molar-refractivity contribution >= 4 is 40.0 Å². The van der Waals surface area contributed by atoms with Crippen molar-refractivity contribution in [1.29, 1.82) is 0 Å². The number of likely N-dealkylation sites (tertiary alicyclic amines) is 1. The van der Waals surface area contributed by atoms with Crippen LogP contribution in [-0.4, -0.2) is 40.8 Å². The topological polar surface area (TPSA) is 117 Å². The molecule has 0 radical (unpaired) electrons. The van der Waals surface area contributed by atoms with Crippen LogP contribution in [0.4, 0.5) is 15.6 Å². The van der Waals surface area contributed by atoms with Gasteiger partial charge in [-0.25, -0.2) is 9.78 Å². The lowest BCUT2D eigenvalue weighted by molar-refractivity contribution is -0.134. The Morgan fingerprint density at radius 2 is 2.00 bits per heavy atom. The van der Waals surface area contributed by atoms with E-state index in [2.05, 4.69) is 15.6 Å². The maximum Gasteiger partial charge on any atom is 0.325 e. The smallest absolute Gasteiger partial charge is 0.325 e. The van der Waals surface area contributed by atoms with Gasteiger partial charge in [0.15, 0.2) is 5.13 Å². The number of rotatable bonds is 5. The molecule has 0 spiro atoms. The van der Waals surface area contributed by atoms with E-state index in [-0.39, 0.29) is 30.2 Å². The highest BCUT2D eigenvalue weighted by Gasteiger charge is 2.26. The lowest BCUT2D eigenvalue weighted by Gasteiger charge is -2.30. The van der Waals surface area contributed by atoms with Gasteiger partial charge in [-0.1, -0.05) is 12.1 Å². The fourth-order valence-corrected chi connectivity index (χ4v) is 3.81. The first-order chi connectivity index (χ1) is 13.4. The fraction of sp³-hybridized carbons (Fsp3) is 0.368. The summed E-state index contributed by atoms with van der Waals surface area (Å²) in [6.07, 6.45) is 1.37. The van der Waals surface area contributed by atoms with E-state index in [0.29, 0.717) is 42.4 Å². The number of carbonyl (C=O) groups is 3. The number of hydrogen-bond donors (Lipinski definition) is 3. The minimum atomic E-state index is -0.383. The second-order valence-corrected chi connectivity index (χ2v) is 7.68. The van der Waals surface area contributed by atoms with Crippen LogP contribution in [0.2, 0.25) is 0 Å². The maximum absolute atomic E-state index is 12.4. The molecule has 0 saturated carbocycles. The average molecular weight is 401 g/mol. The Labute approximate surface area is 167 Å². The number of benzene rings is 1. The SMILES string of the molecule is Cc1cccc(NC(=O)Nc2nc(CC(=O)N3CCC(C(N)=O)CC3)cs2)c1.